The first-order valence-corrected chi connectivity index (χ1v) is 11.1. The highest BCUT2D eigenvalue weighted by molar-refractivity contribution is 6.33. The van der Waals surface area contributed by atoms with E-state index in [9.17, 15) is 28.0 Å². The molecule has 11 nitrogen and oxygen atoms in total. The second-order valence-electron chi connectivity index (χ2n) is 7.77. The first-order chi connectivity index (χ1) is 18.0. The molecule has 0 radical (unpaired) electrons. The summed E-state index contributed by atoms with van der Waals surface area (Å²) < 4.78 is 44.3. The number of rotatable bonds is 6. The predicted molar refractivity (Wildman–Crippen MR) is 126 cm³/mol. The van der Waals surface area contributed by atoms with Gasteiger partial charge in [0, 0.05) is 12.6 Å². The van der Waals surface area contributed by atoms with E-state index in [0.29, 0.717) is 10.4 Å². The molecule has 0 bridgehead atoms. The van der Waals surface area contributed by atoms with E-state index < -0.39 is 30.4 Å². The normalized spacial score (nSPS) is 11.2. The minimum atomic E-state index is -4.80. The molecule has 194 valence electrons. The highest BCUT2D eigenvalue weighted by atomic mass is 35.5. The molecule has 4 aromatic rings. The molecular formula is C23H16ClF3N8O3. The Balaban J connectivity index is 1.76. The lowest BCUT2D eigenvalue weighted by molar-refractivity contribution is -0.145. The molecule has 0 spiro atoms. The number of aryl methyl sites for hydroxylation is 1. The molecule has 0 saturated carbocycles. The van der Waals surface area contributed by atoms with Gasteiger partial charge in [0.05, 0.1) is 27.9 Å². The van der Waals surface area contributed by atoms with Gasteiger partial charge in [0.1, 0.15) is 6.54 Å². The molecule has 38 heavy (non-hydrogen) atoms. The second kappa shape index (κ2) is 10.3. The van der Waals surface area contributed by atoms with Gasteiger partial charge in [-0.2, -0.15) is 23.2 Å². The molecule has 0 aliphatic rings. The van der Waals surface area contributed by atoms with Crippen LogP contribution >= 0.6 is 11.6 Å². The zero-order valence-corrected chi connectivity index (χ0v) is 20.3. The van der Waals surface area contributed by atoms with Gasteiger partial charge < -0.3 is 15.1 Å². The maximum absolute atomic E-state index is 13.4. The van der Waals surface area contributed by atoms with Crippen molar-refractivity contribution in [2.45, 2.75) is 19.6 Å². The second-order valence-corrected chi connectivity index (χ2v) is 8.17. The molecule has 2 N–H and O–H groups in total. The van der Waals surface area contributed by atoms with Crippen LogP contribution in [0.2, 0.25) is 5.02 Å². The number of tetrazole rings is 1. The van der Waals surface area contributed by atoms with Crippen LogP contribution in [0.15, 0.2) is 40.8 Å². The minimum absolute atomic E-state index is 0.0342. The van der Waals surface area contributed by atoms with Crippen molar-refractivity contribution in [3.05, 3.63) is 75.5 Å². The van der Waals surface area contributed by atoms with Gasteiger partial charge in [0.2, 0.25) is 5.89 Å². The number of anilines is 1. The summed E-state index contributed by atoms with van der Waals surface area (Å²) in [7, 11) is 1.39. The number of alkyl halides is 3. The molecule has 0 unspecified atom stereocenters. The molecule has 2 aromatic carbocycles. The number of nitriles is 1. The van der Waals surface area contributed by atoms with Gasteiger partial charge in [-0.15, -0.1) is 10.2 Å². The summed E-state index contributed by atoms with van der Waals surface area (Å²) in [4.78, 5) is 30.6. The van der Waals surface area contributed by atoms with E-state index in [2.05, 4.69) is 31.0 Å². The fourth-order valence-corrected chi connectivity index (χ4v) is 3.68. The number of aromatic nitrogens is 5. The first-order valence-electron chi connectivity index (χ1n) is 10.7. The average Bonchev–Trinajstić information content (AvgIpc) is 3.52. The zero-order chi connectivity index (χ0) is 27.6. The van der Waals surface area contributed by atoms with Crippen LogP contribution in [0.1, 0.15) is 43.7 Å². The third kappa shape index (κ3) is 5.32. The van der Waals surface area contributed by atoms with Gasteiger partial charge >= 0.3 is 6.18 Å². The van der Waals surface area contributed by atoms with Crippen LogP contribution in [0, 0.1) is 18.3 Å². The van der Waals surface area contributed by atoms with E-state index in [1.807, 2.05) is 6.07 Å². The number of hydrogen-bond donors (Lipinski definition) is 2. The Morgan fingerprint density at radius 3 is 2.58 bits per heavy atom. The van der Waals surface area contributed by atoms with Crippen LogP contribution in [0.25, 0.3) is 11.3 Å². The van der Waals surface area contributed by atoms with Crippen LogP contribution in [-0.2, 0) is 12.7 Å². The monoisotopic (exact) mass is 544 g/mol. The summed E-state index contributed by atoms with van der Waals surface area (Å²) in [6, 6.07) is 11.1. The Hall–Kier alpha value is -4.77. The number of nitrogens with one attached hydrogen (secondary N) is 2. The predicted octanol–water partition coefficient (Wildman–Crippen LogP) is 3.84. The van der Waals surface area contributed by atoms with Gasteiger partial charge in [-0.3, -0.25) is 9.59 Å². The number of benzene rings is 2. The lowest BCUT2D eigenvalue weighted by Crippen LogP contribution is -2.23. The fourth-order valence-electron chi connectivity index (χ4n) is 3.46. The summed E-state index contributed by atoms with van der Waals surface area (Å²) in [5, 5.41) is 24.1. The van der Waals surface area contributed by atoms with Crippen LogP contribution < -0.4 is 10.6 Å². The van der Waals surface area contributed by atoms with E-state index >= 15 is 0 Å². The summed E-state index contributed by atoms with van der Waals surface area (Å²) in [6.07, 6.45) is -4.80. The molecule has 2 amide bonds. The van der Waals surface area contributed by atoms with E-state index in [1.165, 1.54) is 19.2 Å². The van der Waals surface area contributed by atoms with Crippen molar-refractivity contribution < 1.29 is 27.2 Å². The molecule has 0 fully saturated rings. The van der Waals surface area contributed by atoms with Gasteiger partial charge in [-0.1, -0.05) is 23.7 Å². The Labute approximate surface area is 217 Å². The number of oxazole rings is 1. The molecule has 0 atom stereocenters. The summed E-state index contributed by atoms with van der Waals surface area (Å²) >= 11 is 6.29. The van der Waals surface area contributed by atoms with Gasteiger partial charge in [-0.05, 0) is 42.0 Å². The van der Waals surface area contributed by atoms with Gasteiger partial charge in [-0.25, -0.2) is 4.98 Å². The number of carbonyl (C=O) groups is 2. The maximum Gasteiger partial charge on any atom is 0.455 e. The molecule has 0 aliphatic carbocycles. The third-order valence-electron chi connectivity index (χ3n) is 5.16. The Bertz CT molecular complexity index is 1590. The quantitative estimate of drug-likeness (QED) is 0.371. The lowest BCUT2D eigenvalue weighted by Gasteiger charge is -2.13. The Kier molecular flexibility index (Phi) is 7.13. The van der Waals surface area contributed by atoms with Crippen molar-refractivity contribution in [3.8, 4) is 17.4 Å². The van der Waals surface area contributed by atoms with Crippen molar-refractivity contribution in [2.24, 2.45) is 0 Å². The molecule has 0 saturated heterocycles. The SMILES string of the molecule is CNC(=O)c1cc(C#N)cc(C)c1NC(=O)c1nc(Cn2nnc(C(F)(F)F)n2)oc1-c1ccccc1Cl. The summed E-state index contributed by atoms with van der Waals surface area (Å²) in [6.45, 7) is 1.12. The lowest BCUT2D eigenvalue weighted by atomic mass is 10.0. The van der Waals surface area contributed by atoms with Crippen molar-refractivity contribution in [3.63, 3.8) is 0 Å². The Morgan fingerprint density at radius 1 is 1.21 bits per heavy atom. The molecule has 2 aromatic heterocycles. The highest BCUT2D eigenvalue weighted by Crippen LogP contribution is 2.33. The Morgan fingerprint density at radius 2 is 1.95 bits per heavy atom. The van der Waals surface area contributed by atoms with Gasteiger partial charge in [0.25, 0.3) is 17.6 Å². The number of amides is 2. The smallest absolute Gasteiger partial charge is 0.438 e. The molecule has 2 heterocycles. The van der Waals surface area contributed by atoms with Crippen LogP contribution in [-0.4, -0.2) is 44.1 Å². The van der Waals surface area contributed by atoms with Crippen molar-refractivity contribution in [2.75, 3.05) is 12.4 Å². The van der Waals surface area contributed by atoms with Crippen molar-refractivity contribution in [1.29, 1.82) is 5.26 Å². The molecule has 15 heteroatoms. The van der Waals surface area contributed by atoms with Crippen LogP contribution in [0.3, 0.4) is 0 Å². The third-order valence-corrected chi connectivity index (χ3v) is 5.49. The van der Waals surface area contributed by atoms with Crippen LogP contribution in [0.4, 0.5) is 18.9 Å². The minimum Gasteiger partial charge on any atom is -0.438 e. The largest absolute Gasteiger partial charge is 0.455 e. The van der Waals surface area contributed by atoms with E-state index in [-0.39, 0.29) is 44.7 Å². The average molecular weight is 545 g/mol. The number of carbonyl (C=O) groups excluding carboxylic acids is 2. The van der Waals surface area contributed by atoms with Crippen molar-refractivity contribution >= 4 is 29.1 Å². The molecule has 0 aliphatic heterocycles. The maximum atomic E-state index is 13.4. The number of nitrogens with zero attached hydrogens (tertiary/aromatic N) is 6. The topological polar surface area (TPSA) is 152 Å². The van der Waals surface area contributed by atoms with E-state index in [4.69, 9.17) is 16.0 Å². The standard InChI is InChI=1S/C23H16ClF3N8O3/c1-11-7-12(9-28)8-14(20(36)29-2)17(11)31-21(37)18-19(13-5-3-4-6-15(13)24)38-16(30-18)10-35-33-22(32-34-35)23(25,26)27/h3-8H,10H2,1-2H3,(H,29,36)(H,31,37). The van der Waals surface area contributed by atoms with E-state index in [0.717, 1.165) is 0 Å². The first kappa shape index (κ1) is 26.3. The summed E-state index contributed by atoms with van der Waals surface area (Å²) in [5.74, 6) is -3.10. The van der Waals surface area contributed by atoms with Crippen molar-refractivity contribution in [1.82, 2.24) is 30.5 Å². The molecule has 4 rings (SSSR count). The fraction of sp³-hybridized carbons (Fsp3) is 0.174. The van der Waals surface area contributed by atoms with Crippen LogP contribution in [0.5, 0.6) is 0 Å². The highest BCUT2D eigenvalue weighted by Gasteiger charge is 2.37. The summed E-state index contributed by atoms with van der Waals surface area (Å²) in [5.41, 5.74) is 0.797. The number of hydrogen-bond acceptors (Lipinski definition) is 8. The number of halogens is 4. The molecular weight excluding hydrogens is 529 g/mol. The zero-order valence-electron chi connectivity index (χ0n) is 19.6. The van der Waals surface area contributed by atoms with Gasteiger partial charge in [0.15, 0.2) is 11.5 Å². The van der Waals surface area contributed by atoms with E-state index in [1.54, 1.807) is 31.2 Å².